The summed E-state index contributed by atoms with van der Waals surface area (Å²) < 4.78 is 1.69. The zero-order valence-corrected chi connectivity index (χ0v) is 12.7. The Morgan fingerprint density at radius 3 is 2.36 bits per heavy atom. The zero-order valence-electron chi connectivity index (χ0n) is 12.7. The molecule has 0 radical (unpaired) electrons. The van der Waals surface area contributed by atoms with Gasteiger partial charge in [-0.05, 0) is 6.42 Å². The Morgan fingerprint density at radius 1 is 1.23 bits per heavy atom. The van der Waals surface area contributed by atoms with Gasteiger partial charge in [-0.25, -0.2) is 0 Å². The van der Waals surface area contributed by atoms with E-state index in [1.54, 1.807) is 16.7 Å². The molecule has 1 rings (SSSR count). The van der Waals surface area contributed by atoms with E-state index in [1.807, 2.05) is 4.90 Å². The maximum Gasteiger partial charge on any atom is 0.223 e. The molecule has 0 atom stereocenters. The van der Waals surface area contributed by atoms with Crippen molar-refractivity contribution in [1.29, 1.82) is 0 Å². The number of aliphatic hydroxyl groups is 2. The van der Waals surface area contributed by atoms with Gasteiger partial charge in [0.15, 0.2) is 5.75 Å². The standard InChI is InChI=1S/C16H24N2O4/c1-3-6-17(7-4-2)11-14-16(22)15(21)10-13(12-20)18(14)8-5-9-19/h3-4,10,19-20,22H,1-2,5-9,11-12H2. The van der Waals surface area contributed by atoms with Gasteiger partial charge in [0.2, 0.25) is 5.43 Å². The smallest absolute Gasteiger partial charge is 0.223 e. The second-order valence-corrected chi connectivity index (χ2v) is 4.95. The van der Waals surface area contributed by atoms with Crippen LogP contribution in [0.25, 0.3) is 0 Å². The van der Waals surface area contributed by atoms with Crippen LogP contribution in [0.2, 0.25) is 0 Å². The number of nitrogens with zero attached hydrogens (tertiary/aromatic N) is 2. The highest BCUT2D eigenvalue weighted by Crippen LogP contribution is 2.18. The van der Waals surface area contributed by atoms with Gasteiger partial charge >= 0.3 is 0 Å². The second kappa shape index (κ2) is 9.19. The summed E-state index contributed by atoms with van der Waals surface area (Å²) in [5.74, 6) is -0.326. The van der Waals surface area contributed by atoms with Gasteiger partial charge in [-0.1, -0.05) is 12.2 Å². The molecule has 6 nitrogen and oxygen atoms in total. The average molecular weight is 308 g/mol. The average Bonchev–Trinajstić information content (AvgIpc) is 2.51. The maximum atomic E-state index is 11.9. The maximum absolute atomic E-state index is 11.9. The van der Waals surface area contributed by atoms with Crippen LogP contribution in [-0.4, -0.2) is 44.5 Å². The molecule has 0 aliphatic carbocycles. The lowest BCUT2D eigenvalue weighted by Crippen LogP contribution is -2.28. The zero-order chi connectivity index (χ0) is 16.5. The Kier molecular flexibility index (Phi) is 7.59. The molecule has 1 heterocycles. The van der Waals surface area contributed by atoms with Gasteiger partial charge in [-0.2, -0.15) is 0 Å². The largest absolute Gasteiger partial charge is 0.503 e. The van der Waals surface area contributed by atoms with Gasteiger partial charge in [-0.3, -0.25) is 9.69 Å². The monoisotopic (exact) mass is 308 g/mol. The van der Waals surface area contributed by atoms with Crippen molar-refractivity contribution in [1.82, 2.24) is 9.47 Å². The molecule has 0 unspecified atom stereocenters. The summed E-state index contributed by atoms with van der Waals surface area (Å²) in [6.07, 6.45) is 3.92. The molecule has 0 saturated heterocycles. The number of rotatable bonds is 10. The summed E-state index contributed by atoms with van der Waals surface area (Å²) in [6.45, 7) is 8.93. The Morgan fingerprint density at radius 2 is 1.86 bits per heavy atom. The highest BCUT2D eigenvalue weighted by atomic mass is 16.3. The predicted octanol–water partition coefficient (Wildman–Crippen LogP) is 0.603. The minimum Gasteiger partial charge on any atom is -0.503 e. The molecule has 0 bridgehead atoms. The Hall–Kier alpha value is -1.89. The molecular weight excluding hydrogens is 284 g/mol. The predicted molar refractivity (Wildman–Crippen MR) is 85.7 cm³/mol. The van der Waals surface area contributed by atoms with Crippen molar-refractivity contribution < 1.29 is 15.3 Å². The van der Waals surface area contributed by atoms with Crippen LogP contribution < -0.4 is 5.43 Å². The molecule has 0 fully saturated rings. The number of hydrogen-bond acceptors (Lipinski definition) is 5. The normalized spacial score (nSPS) is 10.9. The molecule has 3 N–H and O–H groups in total. The van der Waals surface area contributed by atoms with Crippen LogP contribution in [0.5, 0.6) is 5.75 Å². The fourth-order valence-electron chi connectivity index (χ4n) is 2.32. The third-order valence-corrected chi connectivity index (χ3v) is 3.33. The van der Waals surface area contributed by atoms with Crippen molar-refractivity contribution in [3.05, 3.63) is 53.0 Å². The number of aromatic nitrogens is 1. The van der Waals surface area contributed by atoms with Crippen molar-refractivity contribution in [3.63, 3.8) is 0 Å². The molecule has 0 aromatic carbocycles. The summed E-state index contributed by atoms with van der Waals surface area (Å²) in [5.41, 5.74) is 0.327. The van der Waals surface area contributed by atoms with Crippen LogP contribution in [0.1, 0.15) is 17.8 Å². The van der Waals surface area contributed by atoms with Gasteiger partial charge in [0.1, 0.15) is 0 Å². The topological polar surface area (TPSA) is 85.9 Å². The first-order valence-corrected chi connectivity index (χ1v) is 7.19. The highest BCUT2D eigenvalue weighted by Gasteiger charge is 2.16. The van der Waals surface area contributed by atoms with Gasteiger partial charge in [-0.15, -0.1) is 13.2 Å². The van der Waals surface area contributed by atoms with Crippen molar-refractivity contribution in [2.24, 2.45) is 0 Å². The van der Waals surface area contributed by atoms with Gasteiger partial charge in [0.05, 0.1) is 12.3 Å². The molecule has 1 aromatic heterocycles. The van der Waals surface area contributed by atoms with E-state index in [9.17, 15) is 15.0 Å². The van der Waals surface area contributed by atoms with Crippen LogP contribution in [-0.2, 0) is 19.7 Å². The summed E-state index contributed by atoms with van der Waals surface area (Å²) in [7, 11) is 0. The Labute approximate surface area is 130 Å². The number of pyridine rings is 1. The SMILES string of the molecule is C=CCN(CC=C)Cc1c(O)c(=O)cc(CO)n1CCCO. The summed E-state index contributed by atoms with van der Waals surface area (Å²) in [4.78, 5) is 13.8. The first-order chi connectivity index (χ1) is 10.6. The summed E-state index contributed by atoms with van der Waals surface area (Å²) in [5, 5.41) is 28.6. The quantitative estimate of drug-likeness (QED) is 0.551. The Bertz CT molecular complexity index is 556. The number of aliphatic hydroxyl groups excluding tert-OH is 2. The molecular formula is C16H24N2O4. The highest BCUT2D eigenvalue weighted by molar-refractivity contribution is 5.30. The molecule has 22 heavy (non-hydrogen) atoms. The lowest BCUT2D eigenvalue weighted by atomic mass is 10.2. The minimum atomic E-state index is -0.517. The van der Waals surface area contributed by atoms with Gasteiger partial charge < -0.3 is 19.9 Å². The van der Waals surface area contributed by atoms with E-state index >= 15 is 0 Å². The van der Waals surface area contributed by atoms with E-state index in [2.05, 4.69) is 13.2 Å². The van der Waals surface area contributed by atoms with Crippen molar-refractivity contribution >= 4 is 0 Å². The van der Waals surface area contributed by atoms with E-state index in [4.69, 9.17) is 5.11 Å². The lowest BCUT2D eigenvalue weighted by molar-refractivity contribution is 0.249. The molecule has 122 valence electrons. The van der Waals surface area contributed by atoms with Crippen LogP contribution in [0.3, 0.4) is 0 Å². The van der Waals surface area contributed by atoms with Crippen molar-refractivity contribution in [2.75, 3.05) is 19.7 Å². The molecule has 6 heteroatoms. The van der Waals surface area contributed by atoms with Crippen molar-refractivity contribution in [3.8, 4) is 5.75 Å². The fraction of sp³-hybridized carbons (Fsp3) is 0.438. The van der Waals surface area contributed by atoms with E-state index in [-0.39, 0.29) is 19.0 Å². The van der Waals surface area contributed by atoms with E-state index < -0.39 is 5.43 Å². The first kappa shape index (κ1) is 18.2. The van der Waals surface area contributed by atoms with Crippen LogP contribution in [0, 0.1) is 0 Å². The Balaban J connectivity index is 3.27. The minimum absolute atomic E-state index is 0.0137. The third kappa shape index (κ3) is 4.56. The van der Waals surface area contributed by atoms with Crippen molar-refractivity contribution in [2.45, 2.75) is 26.1 Å². The summed E-state index contributed by atoms with van der Waals surface area (Å²) >= 11 is 0. The molecule has 0 saturated carbocycles. The third-order valence-electron chi connectivity index (χ3n) is 3.33. The number of hydrogen-bond donors (Lipinski definition) is 3. The van der Waals surface area contributed by atoms with Crippen LogP contribution in [0.15, 0.2) is 36.2 Å². The number of aromatic hydroxyl groups is 1. The molecule has 0 spiro atoms. The second-order valence-electron chi connectivity index (χ2n) is 4.95. The molecule has 1 aromatic rings. The van der Waals surface area contributed by atoms with Crippen LogP contribution >= 0.6 is 0 Å². The van der Waals surface area contributed by atoms with Gasteiger partial charge in [0.25, 0.3) is 0 Å². The molecule has 0 aliphatic heterocycles. The fourth-order valence-corrected chi connectivity index (χ4v) is 2.32. The van der Waals surface area contributed by atoms with Crippen LogP contribution in [0.4, 0.5) is 0 Å². The lowest BCUT2D eigenvalue weighted by Gasteiger charge is -2.24. The molecule has 0 amide bonds. The van der Waals surface area contributed by atoms with E-state index in [0.29, 0.717) is 44.0 Å². The molecule has 0 aliphatic rings. The summed E-state index contributed by atoms with van der Waals surface area (Å²) in [6, 6.07) is 1.22. The van der Waals surface area contributed by atoms with Gasteiger partial charge in [0, 0.05) is 44.5 Å². The first-order valence-electron chi connectivity index (χ1n) is 7.19. The van der Waals surface area contributed by atoms with E-state index in [1.165, 1.54) is 6.07 Å². The van der Waals surface area contributed by atoms with E-state index in [0.717, 1.165) is 0 Å².